The molecule has 0 radical (unpaired) electrons. The number of hydrogen-bond donors (Lipinski definition) is 0. The fraction of sp³-hybridized carbons (Fsp3) is 0.429. The summed E-state index contributed by atoms with van der Waals surface area (Å²) in [5, 5.41) is 9.99. The molecule has 1 aromatic carbocycles. The van der Waals surface area contributed by atoms with E-state index in [0.717, 1.165) is 34.3 Å². The smallest absolute Gasteiger partial charge is 0.164 e. The molecule has 0 bridgehead atoms. The summed E-state index contributed by atoms with van der Waals surface area (Å²) in [6, 6.07) is 5.97. The molecule has 0 saturated carbocycles. The molecule has 19 heavy (non-hydrogen) atoms. The lowest BCUT2D eigenvalue weighted by Crippen LogP contribution is -2.09. The molecule has 1 heterocycles. The second-order valence-electron chi connectivity index (χ2n) is 5.10. The molecular weight excluding hydrogens is 326 g/mol. The molecule has 2 rings (SSSR count). The Morgan fingerprint density at radius 3 is 2.58 bits per heavy atom. The molecule has 0 unspecified atom stereocenters. The predicted molar refractivity (Wildman–Crippen MR) is 82.7 cm³/mol. The van der Waals surface area contributed by atoms with Gasteiger partial charge in [-0.1, -0.05) is 41.4 Å². The van der Waals surface area contributed by atoms with E-state index in [1.165, 1.54) is 0 Å². The summed E-state index contributed by atoms with van der Waals surface area (Å²) < 4.78 is 2.16. The van der Waals surface area contributed by atoms with Crippen molar-refractivity contribution < 1.29 is 0 Å². The first kappa shape index (κ1) is 14.5. The van der Waals surface area contributed by atoms with Crippen LogP contribution in [0.4, 0.5) is 0 Å². The van der Waals surface area contributed by atoms with Crippen LogP contribution in [-0.4, -0.2) is 14.8 Å². The average Bonchev–Trinajstić information content (AvgIpc) is 2.69. The third kappa shape index (κ3) is 3.37. The molecule has 0 aliphatic carbocycles. The fourth-order valence-corrected chi connectivity index (χ4v) is 2.77. The molecule has 3 nitrogen and oxygen atoms in total. The van der Waals surface area contributed by atoms with Gasteiger partial charge in [0.15, 0.2) is 5.82 Å². The Morgan fingerprint density at radius 2 is 2.00 bits per heavy atom. The Bertz CT molecular complexity index is 558. The molecule has 2 aromatic rings. The number of rotatable bonds is 4. The number of benzene rings is 1. The van der Waals surface area contributed by atoms with Crippen LogP contribution in [-0.2, 0) is 11.9 Å². The summed E-state index contributed by atoms with van der Waals surface area (Å²) in [5.41, 5.74) is 2.15. The highest BCUT2D eigenvalue weighted by molar-refractivity contribution is 9.08. The molecule has 0 fully saturated rings. The number of nitrogens with zero attached hydrogens (tertiary/aromatic N) is 3. The topological polar surface area (TPSA) is 30.7 Å². The van der Waals surface area contributed by atoms with Crippen molar-refractivity contribution in [3.63, 3.8) is 0 Å². The maximum absolute atomic E-state index is 6.13. The number of aryl methyl sites for hydroxylation is 1. The van der Waals surface area contributed by atoms with E-state index in [4.69, 9.17) is 11.6 Å². The molecular formula is C14H17BrClN3. The van der Waals surface area contributed by atoms with E-state index in [-0.39, 0.29) is 0 Å². The molecule has 0 amide bonds. The van der Waals surface area contributed by atoms with Gasteiger partial charge >= 0.3 is 0 Å². The van der Waals surface area contributed by atoms with Gasteiger partial charge in [0.2, 0.25) is 0 Å². The molecule has 0 saturated heterocycles. The van der Waals surface area contributed by atoms with Crippen LogP contribution in [0.1, 0.15) is 25.2 Å². The van der Waals surface area contributed by atoms with Gasteiger partial charge in [0.25, 0.3) is 0 Å². The van der Waals surface area contributed by atoms with Crippen LogP contribution >= 0.6 is 27.5 Å². The molecule has 0 N–H and O–H groups in total. The van der Waals surface area contributed by atoms with Crippen molar-refractivity contribution in [3.8, 4) is 11.4 Å². The van der Waals surface area contributed by atoms with E-state index in [9.17, 15) is 0 Å². The van der Waals surface area contributed by atoms with E-state index >= 15 is 0 Å². The van der Waals surface area contributed by atoms with E-state index < -0.39 is 0 Å². The van der Waals surface area contributed by atoms with Crippen LogP contribution in [0.5, 0.6) is 0 Å². The van der Waals surface area contributed by atoms with Crippen LogP contribution < -0.4 is 0 Å². The Hall–Kier alpha value is -0.870. The van der Waals surface area contributed by atoms with Gasteiger partial charge < -0.3 is 4.57 Å². The maximum Gasteiger partial charge on any atom is 0.164 e. The first-order valence-corrected chi connectivity index (χ1v) is 7.76. The summed E-state index contributed by atoms with van der Waals surface area (Å²) in [5.74, 6) is 2.36. The molecule has 1 aromatic heterocycles. The SMILES string of the molecule is Cc1cc(Cl)cc(-c2nnc(CBr)n2CC(C)C)c1. The lowest BCUT2D eigenvalue weighted by Gasteiger charge is -2.12. The molecule has 0 aliphatic rings. The molecule has 5 heteroatoms. The number of hydrogen-bond acceptors (Lipinski definition) is 2. The van der Waals surface area contributed by atoms with Crippen LogP contribution in [0.15, 0.2) is 18.2 Å². The summed E-state index contributed by atoms with van der Waals surface area (Å²) >= 11 is 9.60. The Kier molecular flexibility index (Phi) is 4.63. The monoisotopic (exact) mass is 341 g/mol. The van der Waals surface area contributed by atoms with Crippen molar-refractivity contribution in [3.05, 3.63) is 34.6 Å². The van der Waals surface area contributed by atoms with Gasteiger partial charge in [-0.3, -0.25) is 0 Å². The van der Waals surface area contributed by atoms with Crippen molar-refractivity contribution in [2.45, 2.75) is 32.6 Å². The lowest BCUT2D eigenvalue weighted by atomic mass is 10.1. The molecule has 0 aliphatic heterocycles. The van der Waals surface area contributed by atoms with Crippen LogP contribution in [0.3, 0.4) is 0 Å². The van der Waals surface area contributed by atoms with Gasteiger partial charge in [-0.2, -0.15) is 0 Å². The van der Waals surface area contributed by atoms with Crippen molar-refractivity contribution in [1.82, 2.24) is 14.8 Å². The predicted octanol–water partition coefficient (Wildman–Crippen LogP) is 4.46. The summed E-state index contributed by atoms with van der Waals surface area (Å²) in [4.78, 5) is 0. The van der Waals surface area contributed by atoms with Gasteiger partial charge in [0.05, 0.1) is 5.33 Å². The Morgan fingerprint density at radius 1 is 1.26 bits per heavy atom. The highest BCUT2D eigenvalue weighted by Crippen LogP contribution is 2.25. The summed E-state index contributed by atoms with van der Waals surface area (Å²) in [6.45, 7) is 7.30. The highest BCUT2D eigenvalue weighted by atomic mass is 79.9. The average molecular weight is 343 g/mol. The van der Waals surface area contributed by atoms with Gasteiger partial charge in [-0.25, -0.2) is 0 Å². The van der Waals surface area contributed by atoms with Gasteiger partial charge in [0.1, 0.15) is 5.82 Å². The van der Waals surface area contributed by atoms with Crippen LogP contribution in [0.2, 0.25) is 5.02 Å². The number of alkyl halides is 1. The molecule has 102 valence electrons. The minimum absolute atomic E-state index is 0.535. The zero-order valence-corrected chi connectivity index (χ0v) is 13.7. The minimum atomic E-state index is 0.535. The fourth-order valence-electron chi connectivity index (χ4n) is 2.07. The third-order valence-corrected chi connectivity index (χ3v) is 3.51. The summed E-state index contributed by atoms with van der Waals surface area (Å²) in [7, 11) is 0. The second-order valence-corrected chi connectivity index (χ2v) is 6.09. The zero-order chi connectivity index (χ0) is 14.0. The van der Waals surface area contributed by atoms with E-state index in [2.05, 4.69) is 50.6 Å². The summed E-state index contributed by atoms with van der Waals surface area (Å²) in [6.07, 6.45) is 0. The van der Waals surface area contributed by atoms with E-state index in [1.54, 1.807) is 0 Å². The van der Waals surface area contributed by atoms with E-state index in [1.807, 2.05) is 19.1 Å². The lowest BCUT2D eigenvalue weighted by molar-refractivity contribution is 0.516. The second kappa shape index (κ2) is 6.06. The van der Waals surface area contributed by atoms with Gasteiger partial charge in [0, 0.05) is 17.1 Å². The van der Waals surface area contributed by atoms with Crippen molar-refractivity contribution in [2.75, 3.05) is 0 Å². The first-order chi connectivity index (χ1) is 9.01. The molecule has 0 spiro atoms. The van der Waals surface area contributed by atoms with E-state index in [0.29, 0.717) is 11.2 Å². The Labute approximate surface area is 127 Å². The number of halogens is 2. The third-order valence-electron chi connectivity index (χ3n) is 2.79. The van der Waals surface area contributed by atoms with Gasteiger partial charge in [-0.15, -0.1) is 10.2 Å². The quantitative estimate of drug-likeness (QED) is 0.768. The van der Waals surface area contributed by atoms with Crippen molar-refractivity contribution in [1.29, 1.82) is 0 Å². The van der Waals surface area contributed by atoms with Crippen LogP contribution in [0, 0.1) is 12.8 Å². The zero-order valence-electron chi connectivity index (χ0n) is 11.3. The maximum atomic E-state index is 6.13. The number of aromatic nitrogens is 3. The van der Waals surface area contributed by atoms with Crippen LogP contribution in [0.25, 0.3) is 11.4 Å². The van der Waals surface area contributed by atoms with Crippen molar-refractivity contribution >= 4 is 27.5 Å². The van der Waals surface area contributed by atoms with Gasteiger partial charge in [-0.05, 0) is 36.6 Å². The highest BCUT2D eigenvalue weighted by Gasteiger charge is 2.14. The largest absolute Gasteiger partial charge is 0.310 e. The standard InChI is InChI=1S/C14H17BrClN3/c1-9(2)8-19-13(7-15)17-18-14(19)11-4-10(3)5-12(16)6-11/h4-6,9H,7-8H2,1-3H3. The first-order valence-electron chi connectivity index (χ1n) is 6.27. The normalized spacial score (nSPS) is 11.3. The molecule has 0 atom stereocenters. The Balaban J connectivity index is 2.51. The minimum Gasteiger partial charge on any atom is -0.310 e. The van der Waals surface area contributed by atoms with Crippen molar-refractivity contribution in [2.24, 2.45) is 5.92 Å².